The Labute approximate surface area is 339 Å². The number of piperidine rings is 1. The van der Waals surface area contributed by atoms with Gasteiger partial charge >= 0.3 is 18.0 Å². The molecule has 3 aliphatic heterocycles. The number of hydrogen-bond acceptors (Lipinski definition) is 13. The molecule has 3 fully saturated rings. The van der Waals surface area contributed by atoms with E-state index in [0.717, 1.165) is 0 Å². The Kier molecular flexibility index (Phi) is 16.1. The van der Waals surface area contributed by atoms with Crippen LogP contribution in [0.15, 0.2) is 30.3 Å². The highest BCUT2D eigenvalue weighted by molar-refractivity contribution is 6.00. The number of methoxy groups -OCH3 is 1. The summed E-state index contributed by atoms with van der Waals surface area (Å²) in [6, 6.07) is 7.89. The summed E-state index contributed by atoms with van der Waals surface area (Å²) in [6.07, 6.45) is -2.27. The summed E-state index contributed by atoms with van der Waals surface area (Å²) in [5.41, 5.74) is -1.30. The van der Waals surface area contributed by atoms with E-state index in [2.05, 4.69) is 6.92 Å². The molecule has 0 radical (unpaired) electrons. The van der Waals surface area contributed by atoms with Crippen molar-refractivity contribution < 1.29 is 52.7 Å². The number of aliphatic hydroxyl groups excluding tert-OH is 1. The Balaban J connectivity index is 1.61. The molecule has 1 aromatic rings. The molecule has 0 saturated carbocycles. The predicted octanol–water partition coefficient (Wildman–Crippen LogP) is 4.80. The lowest BCUT2D eigenvalue weighted by Gasteiger charge is -2.47. The van der Waals surface area contributed by atoms with Gasteiger partial charge in [0.1, 0.15) is 18.1 Å². The topological polar surface area (TPSA) is 154 Å². The molecule has 0 bridgehead atoms. The second-order valence-electron chi connectivity index (χ2n) is 18.0. The number of benzene rings is 1. The number of ether oxygens (including phenoxy) is 6. The van der Waals surface area contributed by atoms with Crippen LogP contribution < -0.4 is 0 Å². The van der Waals surface area contributed by atoms with Crippen molar-refractivity contribution in [2.45, 2.75) is 135 Å². The summed E-state index contributed by atoms with van der Waals surface area (Å²) in [6.45, 7) is 15.9. The molecule has 3 heterocycles. The van der Waals surface area contributed by atoms with Gasteiger partial charge in [-0.2, -0.15) is 0 Å². The van der Waals surface area contributed by atoms with Gasteiger partial charge in [0, 0.05) is 32.7 Å². The van der Waals surface area contributed by atoms with E-state index in [9.17, 15) is 24.3 Å². The molecule has 3 aliphatic rings. The van der Waals surface area contributed by atoms with E-state index < -0.39 is 71.4 Å². The lowest BCUT2D eigenvalue weighted by Crippen LogP contribution is -2.60. The van der Waals surface area contributed by atoms with Crippen molar-refractivity contribution in [2.24, 2.45) is 23.7 Å². The summed E-state index contributed by atoms with van der Waals surface area (Å²) in [7, 11) is 7.30. The minimum atomic E-state index is -1.15. The largest absolute Gasteiger partial charge is 0.463 e. The van der Waals surface area contributed by atoms with Gasteiger partial charge in [0.25, 0.3) is 0 Å². The highest BCUT2D eigenvalue weighted by Crippen LogP contribution is 2.38. The van der Waals surface area contributed by atoms with Crippen LogP contribution in [-0.4, -0.2) is 152 Å². The lowest BCUT2D eigenvalue weighted by molar-refractivity contribution is -0.294. The van der Waals surface area contributed by atoms with Crippen LogP contribution in [0, 0.1) is 23.7 Å². The van der Waals surface area contributed by atoms with Crippen LogP contribution in [0.1, 0.15) is 91.4 Å². The zero-order chi connectivity index (χ0) is 42.4. The summed E-state index contributed by atoms with van der Waals surface area (Å²) in [5.74, 6) is -3.86. The number of ketones is 1. The summed E-state index contributed by atoms with van der Waals surface area (Å²) in [4.78, 5) is 59.8. The molecule has 14 nitrogen and oxygen atoms in total. The first-order valence-electron chi connectivity index (χ1n) is 20.5. The van der Waals surface area contributed by atoms with Gasteiger partial charge in [-0.05, 0) is 112 Å². The van der Waals surface area contributed by atoms with Crippen molar-refractivity contribution in [2.75, 3.05) is 54.5 Å². The third kappa shape index (κ3) is 12.0. The number of likely N-dealkylation sites (N-methyl/N-ethyl adjacent to an activating group) is 2. The van der Waals surface area contributed by atoms with Crippen molar-refractivity contribution in [3.05, 3.63) is 35.9 Å². The van der Waals surface area contributed by atoms with Gasteiger partial charge in [0.05, 0.1) is 41.6 Å². The number of rotatable bonds is 8. The number of aliphatic hydroxyl groups is 1. The van der Waals surface area contributed by atoms with Crippen LogP contribution in [0.2, 0.25) is 0 Å². The molecule has 4 rings (SSSR count). The first-order chi connectivity index (χ1) is 26.6. The third-order valence-electron chi connectivity index (χ3n) is 11.9. The van der Waals surface area contributed by atoms with E-state index in [-0.39, 0.29) is 36.7 Å². The second-order valence-corrected chi connectivity index (χ2v) is 18.0. The Bertz CT molecular complexity index is 1500. The van der Waals surface area contributed by atoms with Gasteiger partial charge in [-0.15, -0.1) is 0 Å². The van der Waals surface area contributed by atoms with Crippen LogP contribution in [0.3, 0.4) is 0 Å². The highest BCUT2D eigenvalue weighted by atomic mass is 16.7. The van der Waals surface area contributed by atoms with E-state index in [4.69, 9.17) is 28.4 Å². The van der Waals surface area contributed by atoms with Crippen molar-refractivity contribution in [3.63, 3.8) is 0 Å². The standard InChI is InChI=1S/C43H69N3O11/c1-26-23-43(8,52-12)37(56-40-36(32(44(9)10)22-27(2)54-40)55-39(50)31-16-14-13-15-17-31)28(3)34(47)29(4)38(49)53-25-33(45(11)24-26)35(48)30-18-20-46(21-19-30)41(51)57-42(5,6)7/h13-17,26-30,32-33,35-37,40,48H,18-25H2,1-12H3/t26-,27-,28+,29-,32+,33-,35-,36-,37-,40+,43-/m1/s1. The number of cyclic esters (lactones) is 1. The van der Waals surface area contributed by atoms with E-state index in [1.807, 2.05) is 71.6 Å². The number of likely N-dealkylation sites (tertiary alicyclic amines) is 1. The van der Waals surface area contributed by atoms with Crippen LogP contribution in [0.5, 0.6) is 0 Å². The molecular weight excluding hydrogens is 734 g/mol. The molecule has 0 unspecified atom stereocenters. The minimum Gasteiger partial charge on any atom is -0.463 e. The van der Waals surface area contributed by atoms with Gasteiger partial charge in [-0.1, -0.05) is 32.0 Å². The first-order valence-corrected chi connectivity index (χ1v) is 20.5. The average Bonchev–Trinajstić information content (AvgIpc) is 3.15. The van der Waals surface area contributed by atoms with Crippen LogP contribution in [-0.2, 0) is 38.0 Å². The van der Waals surface area contributed by atoms with Crippen LogP contribution >= 0.6 is 0 Å². The molecule has 11 atom stereocenters. The molecule has 0 aliphatic carbocycles. The Morgan fingerprint density at radius 1 is 1.04 bits per heavy atom. The molecule has 3 saturated heterocycles. The molecule has 322 valence electrons. The fraction of sp³-hybridized carbons (Fsp3) is 0.767. The molecular formula is C43H69N3O11. The van der Waals surface area contributed by atoms with Crippen LogP contribution in [0.4, 0.5) is 4.79 Å². The summed E-state index contributed by atoms with van der Waals surface area (Å²) >= 11 is 0. The highest BCUT2D eigenvalue weighted by Gasteiger charge is 2.50. The summed E-state index contributed by atoms with van der Waals surface area (Å²) in [5, 5.41) is 11.9. The van der Waals surface area contributed by atoms with Crippen molar-refractivity contribution >= 4 is 23.8 Å². The normalized spacial score (nSPS) is 33.7. The third-order valence-corrected chi connectivity index (χ3v) is 11.9. The van der Waals surface area contributed by atoms with E-state index in [1.165, 1.54) is 6.92 Å². The Hall–Kier alpha value is -3.14. The number of amides is 1. The monoisotopic (exact) mass is 803 g/mol. The SMILES string of the molecule is CO[C@]1(C)C[C@@H](C)CN(C)[C@@H]([C@H](O)C2CCN(C(=O)OC(C)(C)C)CC2)COC(=O)[C@H](C)C(=O)[C@H](C)[C@H]1O[C@@H]1O[C@H](C)C[C@H](N(C)C)[C@H]1OC(=O)c1ccccc1. The number of carbonyl (C=O) groups excluding carboxylic acids is 4. The molecule has 14 heteroatoms. The minimum absolute atomic E-state index is 0.0571. The van der Waals surface area contributed by atoms with E-state index in [0.29, 0.717) is 50.9 Å². The second kappa shape index (κ2) is 19.7. The molecule has 0 aromatic heterocycles. The van der Waals surface area contributed by atoms with E-state index >= 15 is 0 Å². The fourth-order valence-corrected chi connectivity index (χ4v) is 8.67. The average molecular weight is 804 g/mol. The molecule has 1 N–H and O–H groups in total. The Morgan fingerprint density at radius 3 is 2.25 bits per heavy atom. The fourth-order valence-electron chi connectivity index (χ4n) is 8.67. The molecule has 1 amide bonds. The predicted molar refractivity (Wildman–Crippen MR) is 213 cm³/mol. The number of nitrogens with zero attached hydrogens (tertiary/aromatic N) is 3. The maximum atomic E-state index is 14.3. The maximum Gasteiger partial charge on any atom is 0.410 e. The van der Waals surface area contributed by atoms with E-state index in [1.54, 1.807) is 43.2 Å². The van der Waals surface area contributed by atoms with Gasteiger partial charge in [0.2, 0.25) is 0 Å². The first kappa shape index (κ1) is 46.5. The van der Waals surface area contributed by atoms with Crippen molar-refractivity contribution in [1.29, 1.82) is 0 Å². The van der Waals surface area contributed by atoms with Crippen LogP contribution in [0.25, 0.3) is 0 Å². The van der Waals surface area contributed by atoms with Crippen molar-refractivity contribution in [3.8, 4) is 0 Å². The smallest absolute Gasteiger partial charge is 0.410 e. The number of carbonyl (C=O) groups is 4. The van der Waals surface area contributed by atoms with Gasteiger partial charge in [-0.3, -0.25) is 14.5 Å². The Morgan fingerprint density at radius 2 is 1.67 bits per heavy atom. The molecule has 1 aromatic carbocycles. The quantitative estimate of drug-likeness (QED) is 0.218. The van der Waals surface area contributed by atoms with Gasteiger partial charge in [-0.25, -0.2) is 9.59 Å². The number of esters is 2. The molecule has 57 heavy (non-hydrogen) atoms. The number of Topliss-reactive ketones (excluding diaryl/α,β-unsaturated/α-hetero) is 1. The zero-order valence-electron chi connectivity index (χ0n) is 36.3. The van der Waals surface area contributed by atoms with Crippen molar-refractivity contribution in [1.82, 2.24) is 14.7 Å². The lowest BCUT2D eigenvalue weighted by atomic mass is 9.78. The number of hydrogen-bond donors (Lipinski definition) is 1. The summed E-state index contributed by atoms with van der Waals surface area (Å²) < 4.78 is 37.2. The van der Waals surface area contributed by atoms with Gasteiger partial charge < -0.3 is 43.3 Å². The maximum absolute atomic E-state index is 14.3. The zero-order valence-corrected chi connectivity index (χ0v) is 36.3. The molecule has 0 spiro atoms. The van der Waals surface area contributed by atoms with Gasteiger partial charge in [0.15, 0.2) is 18.2 Å².